The first-order chi connectivity index (χ1) is 12.0. The van der Waals surface area contributed by atoms with Gasteiger partial charge >= 0.3 is 0 Å². The molecule has 3 nitrogen and oxygen atoms in total. The lowest BCUT2D eigenvalue weighted by atomic mass is 9.69. The zero-order valence-corrected chi connectivity index (χ0v) is 16.5. The summed E-state index contributed by atoms with van der Waals surface area (Å²) in [6.07, 6.45) is 19.0. The molecule has 0 aromatic carbocycles. The maximum Gasteiger partial charge on any atom is 0.246 e. The quantitative estimate of drug-likeness (QED) is 0.516. The second-order valence-electron chi connectivity index (χ2n) is 8.47. The fourth-order valence-corrected chi connectivity index (χ4v) is 4.63. The molecule has 25 heavy (non-hydrogen) atoms. The Morgan fingerprint density at radius 3 is 2.32 bits per heavy atom. The SMILES string of the molecule is C=CC1(CC2CCCCC2)CCCN(C(=O)/C=C/CN(C)C)CCC1. The van der Waals surface area contributed by atoms with Crippen LogP contribution >= 0.6 is 0 Å². The lowest BCUT2D eigenvalue weighted by Crippen LogP contribution is -2.36. The van der Waals surface area contributed by atoms with Crippen LogP contribution in [0, 0.1) is 11.3 Å². The number of likely N-dealkylation sites (N-methyl/N-ethyl adjacent to an activating group) is 1. The zero-order valence-electron chi connectivity index (χ0n) is 16.5. The van der Waals surface area contributed by atoms with E-state index in [1.807, 2.05) is 25.1 Å². The summed E-state index contributed by atoms with van der Waals surface area (Å²) >= 11 is 0. The molecule has 142 valence electrons. The first-order valence-electron chi connectivity index (χ1n) is 10.3. The monoisotopic (exact) mass is 346 g/mol. The summed E-state index contributed by atoms with van der Waals surface area (Å²) in [5.74, 6) is 1.08. The second-order valence-corrected chi connectivity index (χ2v) is 8.47. The fraction of sp³-hybridized carbons (Fsp3) is 0.773. The van der Waals surface area contributed by atoms with Crippen molar-refractivity contribution in [3.05, 3.63) is 24.8 Å². The third kappa shape index (κ3) is 6.62. The van der Waals surface area contributed by atoms with Gasteiger partial charge in [0.15, 0.2) is 0 Å². The topological polar surface area (TPSA) is 23.6 Å². The average molecular weight is 347 g/mol. The van der Waals surface area contributed by atoms with Crippen molar-refractivity contribution in [1.82, 2.24) is 9.80 Å². The van der Waals surface area contributed by atoms with Gasteiger partial charge in [-0.25, -0.2) is 0 Å². The molecule has 0 spiro atoms. The summed E-state index contributed by atoms with van der Waals surface area (Å²) in [5.41, 5.74) is 0.317. The molecular weight excluding hydrogens is 308 g/mol. The van der Waals surface area contributed by atoms with Gasteiger partial charge in [-0.15, -0.1) is 6.58 Å². The Kier molecular flexibility index (Phi) is 8.21. The molecule has 0 aromatic heterocycles. The maximum atomic E-state index is 12.4. The van der Waals surface area contributed by atoms with Gasteiger partial charge < -0.3 is 9.80 Å². The van der Waals surface area contributed by atoms with Gasteiger partial charge in [0, 0.05) is 25.7 Å². The van der Waals surface area contributed by atoms with Gasteiger partial charge in [0.1, 0.15) is 0 Å². The molecule has 0 radical (unpaired) electrons. The Morgan fingerprint density at radius 1 is 1.12 bits per heavy atom. The van der Waals surface area contributed by atoms with Crippen LogP contribution in [-0.2, 0) is 4.79 Å². The van der Waals surface area contributed by atoms with Crippen molar-refractivity contribution in [3.63, 3.8) is 0 Å². The van der Waals surface area contributed by atoms with Gasteiger partial charge in [-0.2, -0.15) is 0 Å². The van der Waals surface area contributed by atoms with Crippen LogP contribution in [0.25, 0.3) is 0 Å². The Labute approximate surface area is 155 Å². The van der Waals surface area contributed by atoms with Gasteiger partial charge in [-0.1, -0.05) is 44.3 Å². The van der Waals surface area contributed by atoms with Gasteiger partial charge in [0.05, 0.1) is 0 Å². The fourth-order valence-electron chi connectivity index (χ4n) is 4.63. The number of allylic oxidation sites excluding steroid dienone is 1. The van der Waals surface area contributed by atoms with Crippen molar-refractivity contribution in [1.29, 1.82) is 0 Å². The summed E-state index contributed by atoms with van der Waals surface area (Å²) in [4.78, 5) is 16.5. The van der Waals surface area contributed by atoms with Gasteiger partial charge in [0.2, 0.25) is 5.91 Å². The largest absolute Gasteiger partial charge is 0.339 e. The molecule has 1 aliphatic heterocycles. The van der Waals surface area contributed by atoms with Gasteiger partial charge in [-0.3, -0.25) is 4.79 Å². The van der Waals surface area contributed by atoms with Crippen LogP contribution in [0.5, 0.6) is 0 Å². The van der Waals surface area contributed by atoms with E-state index < -0.39 is 0 Å². The number of rotatable bonds is 6. The van der Waals surface area contributed by atoms with Gasteiger partial charge in [0.25, 0.3) is 0 Å². The molecule has 1 heterocycles. The minimum absolute atomic E-state index is 0.181. The van der Waals surface area contributed by atoms with Crippen LogP contribution in [0.4, 0.5) is 0 Å². The van der Waals surface area contributed by atoms with E-state index in [1.165, 1.54) is 51.4 Å². The third-order valence-corrected chi connectivity index (χ3v) is 6.10. The second kappa shape index (κ2) is 10.2. The van der Waals surface area contributed by atoms with Crippen molar-refractivity contribution in [3.8, 4) is 0 Å². The normalized spacial score (nSPS) is 22.8. The van der Waals surface area contributed by atoms with E-state index in [0.717, 1.165) is 38.4 Å². The Balaban J connectivity index is 1.86. The lowest BCUT2D eigenvalue weighted by molar-refractivity contribution is -0.126. The van der Waals surface area contributed by atoms with E-state index in [0.29, 0.717) is 5.41 Å². The number of nitrogens with zero attached hydrogens (tertiary/aromatic N) is 2. The molecule has 1 saturated carbocycles. The first-order valence-corrected chi connectivity index (χ1v) is 10.3. The summed E-state index contributed by atoms with van der Waals surface area (Å²) in [5, 5.41) is 0. The van der Waals surface area contributed by atoms with Crippen LogP contribution in [0.1, 0.15) is 64.2 Å². The molecule has 0 unspecified atom stereocenters. The number of hydrogen-bond donors (Lipinski definition) is 0. The third-order valence-electron chi connectivity index (χ3n) is 6.10. The minimum atomic E-state index is 0.181. The molecule has 1 saturated heterocycles. The van der Waals surface area contributed by atoms with E-state index in [4.69, 9.17) is 0 Å². The zero-order chi connectivity index (χ0) is 18.1. The molecule has 0 bridgehead atoms. The number of amides is 1. The van der Waals surface area contributed by atoms with Crippen molar-refractivity contribution >= 4 is 5.91 Å². The minimum Gasteiger partial charge on any atom is -0.339 e. The van der Waals surface area contributed by atoms with E-state index in [-0.39, 0.29) is 5.91 Å². The first kappa shape index (κ1) is 20.2. The molecule has 0 atom stereocenters. The van der Waals surface area contributed by atoms with Crippen molar-refractivity contribution in [2.75, 3.05) is 33.7 Å². The highest BCUT2D eigenvalue weighted by Crippen LogP contribution is 2.42. The summed E-state index contributed by atoms with van der Waals surface area (Å²) in [6.45, 7) is 6.82. The number of carbonyl (C=O) groups is 1. The van der Waals surface area contributed by atoms with Crippen molar-refractivity contribution in [2.24, 2.45) is 11.3 Å². The van der Waals surface area contributed by atoms with Gasteiger partial charge in [-0.05, 0) is 57.5 Å². The van der Waals surface area contributed by atoms with E-state index in [9.17, 15) is 4.79 Å². The van der Waals surface area contributed by atoms with E-state index in [1.54, 1.807) is 6.08 Å². The highest BCUT2D eigenvalue weighted by Gasteiger charge is 2.32. The number of hydrogen-bond acceptors (Lipinski definition) is 2. The highest BCUT2D eigenvalue weighted by molar-refractivity contribution is 5.87. The summed E-state index contributed by atoms with van der Waals surface area (Å²) < 4.78 is 0. The molecule has 1 aliphatic carbocycles. The molecular formula is C22H38N2O. The molecule has 0 aromatic rings. The predicted octanol–water partition coefficient (Wildman–Crippen LogP) is 4.65. The summed E-state index contributed by atoms with van der Waals surface area (Å²) in [6, 6.07) is 0. The Morgan fingerprint density at radius 2 is 1.76 bits per heavy atom. The van der Waals surface area contributed by atoms with Crippen LogP contribution in [0.15, 0.2) is 24.8 Å². The smallest absolute Gasteiger partial charge is 0.246 e. The average Bonchev–Trinajstić information content (AvgIpc) is 2.58. The van der Waals surface area contributed by atoms with Crippen LogP contribution in [0.3, 0.4) is 0 Å². The van der Waals surface area contributed by atoms with Crippen molar-refractivity contribution in [2.45, 2.75) is 64.2 Å². The van der Waals surface area contributed by atoms with Crippen LogP contribution in [0.2, 0.25) is 0 Å². The Hall–Kier alpha value is -1.09. The maximum absolute atomic E-state index is 12.4. The lowest BCUT2D eigenvalue weighted by Gasteiger charge is -2.38. The van der Waals surface area contributed by atoms with E-state index >= 15 is 0 Å². The van der Waals surface area contributed by atoms with Crippen LogP contribution < -0.4 is 0 Å². The molecule has 3 heteroatoms. The standard InChI is InChI=1S/C22H38N2O/c1-4-22(19-20-11-6-5-7-12-20)14-9-17-24(18-10-15-22)21(25)13-8-16-23(2)3/h4,8,13,20H,1,5-7,9-12,14-19H2,2-3H3/b13-8+. The molecule has 0 N–H and O–H groups in total. The predicted molar refractivity (Wildman–Crippen MR) is 107 cm³/mol. The number of likely N-dealkylation sites (tertiary alicyclic amines) is 1. The summed E-state index contributed by atoms with van der Waals surface area (Å²) in [7, 11) is 4.04. The van der Waals surface area contributed by atoms with E-state index in [2.05, 4.69) is 17.6 Å². The molecule has 2 rings (SSSR count). The Bertz CT molecular complexity index is 439. The molecule has 1 amide bonds. The van der Waals surface area contributed by atoms with Crippen LogP contribution in [-0.4, -0.2) is 49.4 Å². The highest BCUT2D eigenvalue weighted by atomic mass is 16.2. The molecule has 2 aliphatic rings. The number of carbonyl (C=O) groups excluding carboxylic acids is 1. The van der Waals surface area contributed by atoms with Crippen molar-refractivity contribution < 1.29 is 4.79 Å². The molecule has 2 fully saturated rings.